The van der Waals surface area contributed by atoms with Crippen molar-refractivity contribution >= 4 is 23.3 Å². The summed E-state index contributed by atoms with van der Waals surface area (Å²) in [5, 5.41) is 16.4. The van der Waals surface area contributed by atoms with E-state index in [9.17, 15) is 14.0 Å². The fraction of sp³-hybridized carbons (Fsp3) is 0.304. The molecule has 0 saturated heterocycles. The second-order valence-corrected chi connectivity index (χ2v) is 7.64. The number of urea groups is 1. The highest BCUT2D eigenvalue weighted by Gasteiger charge is 2.17. The minimum atomic E-state index is -0.535. The molecule has 0 fully saturated rings. The van der Waals surface area contributed by atoms with Gasteiger partial charge in [0.05, 0.1) is 5.69 Å². The Balaban J connectivity index is 1.34. The van der Waals surface area contributed by atoms with E-state index in [1.807, 2.05) is 18.2 Å². The highest BCUT2D eigenvalue weighted by atomic mass is 19.1. The molecular weight excluding hydrogens is 411 g/mol. The average Bonchev–Trinajstić information content (AvgIpc) is 3.04. The molecule has 9 heteroatoms. The summed E-state index contributed by atoms with van der Waals surface area (Å²) in [5.41, 5.74) is 1.43. The van der Waals surface area contributed by atoms with Gasteiger partial charge in [-0.15, -0.1) is 10.2 Å². The second-order valence-electron chi connectivity index (χ2n) is 7.64. The number of carbonyl (C=O) groups excluding carboxylic acids is 2. The Morgan fingerprint density at radius 3 is 2.69 bits per heavy atom. The largest absolute Gasteiger partial charge is 0.337 e. The molecule has 3 amide bonds. The fourth-order valence-corrected chi connectivity index (χ4v) is 3.66. The number of carbonyl (C=O) groups is 2. The van der Waals surface area contributed by atoms with Crippen LogP contribution in [0.3, 0.4) is 0 Å². The first-order chi connectivity index (χ1) is 15.6. The predicted molar refractivity (Wildman–Crippen MR) is 120 cm³/mol. The molecule has 0 bridgehead atoms. The number of hydrogen-bond donors (Lipinski definition) is 3. The van der Waals surface area contributed by atoms with E-state index in [2.05, 4.69) is 30.7 Å². The summed E-state index contributed by atoms with van der Waals surface area (Å²) >= 11 is 0. The molecule has 0 radical (unpaired) electrons. The lowest BCUT2D eigenvalue weighted by Gasteiger charge is -2.11. The number of fused-ring (bicyclic) bond motifs is 1. The van der Waals surface area contributed by atoms with Crippen LogP contribution in [-0.2, 0) is 17.8 Å². The van der Waals surface area contributed by atoms with E-state index in [-0.39, 0.29) is 18.7 Å². The standard InChI is InChI=1S/C23H25FN6O2/c24-18-11-10-16(22-29-28-20-9-5-2-6-14-30(20)22)15-19(18)27-21(31)12-13-25-23(32)26-17-7-3-1-4-8-17/h1,3-4,7-8,10-11,15H,2,5-6,9,12-14H2,(H,27,31)(H2,25,26,32). The number of nitrogens with zero attached hydrogens (tertiary/aromatic N) is 3. The summed E-state index contributed by atoms with van der Waals surface area (Å²) in [7, 11) is 0. The third-order valence-corrected chi connectivity index (χ3v) is 5.28. The van der Waals surface area contributed by atoms with Gasteiger partial charge >= 0.3 is 6.03 Å². The summed E-state index contributed by atoms with van der Waals surface area (Å²) in [6.07, 6.45) is 4.16. The lowest BCUT2D eigenvalue weighted by atomic mass is 10.1. The van der Waals surface area contributed by atoms with Crippen molar-refractivity contribution in [1.29, 1.82) is 0 Å². The number of halogens is 1. The van der Waals surface area contributed by atoms with E-state index in [0.29, 0.717) is 17.1 Å². The van der Waals surface area contributed by atoms with Crippen LogP contribution in [0.15, 0.2) is 48.5 Å². The minimum Gasteiger partial charge on any atom is -0.337 e. The number of para-hydroxylation sites is 1. The van der Waals surface area contributed by atoms with Crippen LogP contribution >= 0.6 is 0 Å². The van der Waals surface area contributed by atoms with E-state index < -0.39 is 17.8 Å². The normalized spacial score (nSPS) is 13.0. The molecule has 3 N–H and O–H groups in total. The Morgan fingerprint density at radius 1 is 1.00 bits per heavy atom. The van der Waals surface area contributed by atoms with Crippen LogP contribution in [0.2, 0.25) is 0 Å². The smallest absolute Gasteiger partial charge is 0.319 e. The summed E-state index contributed by atoms with van der Waals surface area (Å²) in [6.45, 7) is 0.941. The molecule has 2 heterocycles. The maximum atomic E-state index is 14.3. The molecule has 1 aliphatic rings. The molecular formula is C23H25FN6O2. The first-order valence-corrected chi connectivity index (χ1v) is 10.7. The molecule has 0 unspecified atom stereocenters. The van der Waals surface area contributed by atoms with Gasteiger partial charge in [0.25, 0.3) is 0 Å². The first kappa shape index (κ1) is 21.5. The Kier molecular flexibility index (Phi) is 6.74. The zero-order valence-corrected chi connectivity index (χ0v) is 17.6. The van der Waals surface area contributed by atoms with Crippen molar-refractivity contribution in [3.63, 3.8) is 0 Å². The Morgan fingerprint density at radius 2 is 1.84 bits per heavy atom. The van der Waals surface area contributed by atoms with Crippen LogP contribution in [0.25, 0.3) is 11.4 Å². The SMILES string of the molecule is O=C(CCNC(=O)Nc1ccccc1)Nc1cc(-c2nnc3n2CCCCC3)ccc1F. The summed E-state index contributed by atoms with van der Waals surface area (Å²) in [6, 6.07) is 13.1. The first-order valence-electron chi connectivity index (χ1n) is 10.7. The van der Waals surface area contributed by atoms with Crippen molar-refractivity contribution in [1.82, 2.24) is 20.1 Å². The van der Waals surface area contributed by atoms with E-state index in [1.165, 1.54) is 6.07 Å². The molecule has 0 aliphatic carbocycles. The third kappa shape index (κ3) is 5.29. The summed E-state index contributed by atoms with van der Waals surface area (Å²) in [5.74, 6) is 0.678. The molecule has 8 nitrogen and oxygen atoms in total. The molecule has 4 rings (SSSR count). The zero-order valence-electron chi connectivity index (χ0n) is 17.6. The molecule has 166 valence electrons. The monoisotopic (exact) mass is 436 g/mol. The van der Waals surface area contributed by atoms with Gasteiger partial charge in [-0.3, -0.25) is 4.79 Å². The van der Waals surface area contributed by atoms with Crippen LogP contribution < -0.4 is 16.0 Å². The Bertz CT molecular complexity index is 1100. The molecule has 2 aromatic carbocycles. The highest BCUT2D eigenvalue weighted by Crippen LogP contribution is 2.26. The minimum absolute atomic E-state index is 0.00616. The third-order valence-electron chi connectivity index (χ3n) is 5.28. The maximum absolute atomic E-state index is 14.3. The quantitative estimate of drug-likeness (QED) is 0.544. The lowest BCUT2D eigenvalue weighted by molar-refractivity contribution is -0.116. The Hall–Kier alpha value is -3.75. The van der Waals surface area contributed by atoms with Crippen LogP contribution in [0.5, 0.6) is 0 Å². The van der Waals surface area contributed by atoms with Gasteiger partial charge in [-0.05, 0) is 43.2 Å². The molecule has 3 aromatic rings. The van der Waals surface area contributed by atoms with Gasteiger partial charge in [0, 0.05) is 37.2 Å². The van der Waals surface area contributed by atoms with E-state index >= 15 is 0 Å². The molecule has 32 heavy (non-hydrogen) atoms. The molecule has 0 spiro atoms. The molecule has 0 atom stereocenters. The van der Waals surface area contributed by atoms with Crippen LogP contribution in [0.1, 0.15) is 31.5 Å². The van der Waals surface area contributed by atoms with Crippen molar-refractivity contribution in [2.45, 2.75) is 38.6 Å². The second kappa shape index (κ2) is 10.0. The van der Waals surface area contributed by atoms with Gasteiger partial charge in [0.2, 0.25) is 5.91 Å². The van der Waals surface area contributed by atoms with Crippen molar-refractivity contribution in [2.75, 3.05) is 17.2 Å². The number of anilines is 2. The maximum Gasteiger partial charge on any atom is 0.319 e. The van der Waals surface area contributed by atoms with Crippen LogP contribution in [0.4, 0.5) is 20.6 Å². The van der Waals surface area contributed by atoms with Gasteiger partial charge in [-0.2, -0.15) is 0 Å². The van der Waals surface area contributed by atoms with Gasteiger partial charge in [0.15, 0.2) is 5.82 Å². The average molecular weight is 436 g/mol. The van der Waals surface area contributed by atoms with E-state index in [4.69, 9.17) is 0 Å². The van der Waals surface area contributed by atoms with Crippen LogP contribution in [0, 0.1) is 5.82 Å². The van der Waals surface area contributed by atoms with Gasteiger partial charge < -0.3 is 20.5 Å². The number of aromatic nitrogens is 3. The lowest BCUT2D eigenvalue weighted by Crippen LogP contribution is -2.31. The topological polar surface area (TPSA) is 101 Å². The van der Waals surface area contributed by atoms with Crippen molar-refractivity contribution in [2.24, 2.45) is 0 Å². The van der Waals surface area contributed by atoms with Gasteiger partial charge in [0.1, 0.15) is 11.6 Å². The van der Waals surface area contributed by atoms with Crippen molar-refractivity contribution in [3.05, 3.63) is 60.2 Å². The molecule has 1 aliphatic heterocycles. The molecule has 0 saturated carbocycles. The predicted octanol–water partition coefficient (Wildman–Crippen LogP) is 3.96. The number of amides is 3. The number of nitrogens with one attached hydrogen (secondary N) is 3. The number of benzene rings is 2. The van der Waals surface area contributed by atoms with E-state index in [1.54, 1.807) is 24.3 Å². The van der Waals surface area contributed by atoms with Crippen LogP contribution in [-0.4, -0.2) is 33.2 Å². The summed E-state index contributed by atoms with van der Waals surface area (Å²) in [4.78, 5) is 24.2. The van der Waals surface area contributed by atoms with Crippen molar-refractivity contribution < 1.29 is 14.0 Å². The number of hydrogen-bond acceptors (Lipinski definition) is 4. The van der Waals surface area contributed by atoms with Crippen molar-refractivity contribution in [3.8, 4) is 11.4 Å². The number of rotatable bonds is 6. The number of aryl methyl sites for hydroxylation is 1. The molecule has 1 aromatic heterocycles. The Labute approximate surface area is 185 Å². The summed E-state index contributed by atoms with van der Waals surface area (Å²) < 4.78 is 16.4. The fourth-order valence-electron chi connectivity index (χ4n) is 3.66. The van der Waals surface area contributed by atoms with E-state index in [0.717, 1.165) is 38.1 Å². The highest BCUT2D eigenvalue weighted by molar-refractivity contribution is 5.93. The van der Waals surface area contributed by atoms with Gasteiger partial charge in [-0.1, -0.05) is 24.6 Å². The van der Waals surface area contributed by atoms with Gasteiger partial charge in [-0.25, -0.2) is 9.18 Å². The zero-order chi connectivity index (χ0) is 22.3.